The van der Waals surface area contributed by atoms with Crippen molar-refractivity contribution in [2.75, 3.05) is 20.8 Å². The number of rotatable bonds is 8. The summed E-state index contributed by atoms with van der Waals surface area (Å²) < 4.78 is 10.6. The van der Waals surface area contributed by atoms with Crippen LogP contribution in [0.2, 0.25) is 0 Å². The van der Waals surface area contributed by atoms with Crippen molar-refractivity contribution in [2.45, 2.75) is 32.7 Å². The molecule has 0 saturated heterocycles. The summed E-state index contributed by atoms with van der Waals surface area (Å²) in [5.74, 6) is 2.14. The van der Waals surface area contributed by atoms with Crippen molar-refractivity contribution in [1.29, 1.82) is 0 Å². The molecule has 0 aliphatic carbocycles. The topological polar surface area (TPSA) is 30.5 Å². The van der Waals surface area contributed by atoms with E-state index in [4.69, 9.17) is 9.47 Å². The molecule has 0 aromatic heterocycles. The van der Waals surface area contributed by atoms with Gasteiger partial charge in [-0.05, 0) is 47.7 Å². The van der Waals surface area contributed by atoms with Gasteiger partial charge in [-0.3, -0.25) is 0 Å². The minimum Gasteiger partial charge on any atom is -0.493 e. The van der Waals surface area contributed by atoms with Crippen molar-refractivity contribution in [3.63, 3.8) is 0 Å². The summed E-state index contributed by atoms with van der Waals surface area (Å²) in [5, 5.41) is 3.49. The third-order valence-corrected chi connectivity index (χ3v) is 4.01. The first-order valence-electron chi connectivity index (χ1n) is 8.14. The molecule has 0 saturated carbocycles. The van der Waals surface area contributed by atoms with Gasteiger partial charge in [-0.15, -0.1) is 12.4 Å². The maximum absolute atomic E-state index is 5.34. The first-order valence-corrected chi connectivity index (χ1v) is 8.14. The lowest BCUT2D eigenvalue weighted by Gasteiger charge is -2.10. The van der Waals surface area contributed by atoms with Gasteiger partial charge in [0.15, 0.2) is 11.5 Å². The van der Waals surface area contributed by atoms with Crippen LogP contribution in [0.25, 0.3) is 0 Å². The predicted octanol–water partition coefficient (Wildman–Crippen LogP) is 4.58. The van der Waals surface area contributed by atoms with E-state index in [-0.39, 0.29) is 12.4 Å². The Morgan fingerprint density at radius 3 is 2.08 bits per heavy atom. The molecule has 2 rings (SSSR count). The van der Waals surface area contributed by atoms with Crippen molar-refractivity contribution in [3.8, 4) is 11.5 Å². The zero-order valence-corrected chi connectivity index (χ0v) is 15.8. The first-order chi connectivity index (χ1) is 11.1. The molecule has 1 N–H and O–H groups in total. The number of ether oxygens (including phenoxy) is 2. The van der Waals surface area contributed by atoms with Crippen LogP contribution < -0.4 is 14.8 Å². The molecule has 0 fully saturated rings. The largest absolute Gasteiger partial charge is 0.493 e. The molecule has 24 heavy (non-hydrogen) atoms. The molecule has 0 atom stereocenters. The van der Waals surface area contributed by atoms with E-state index in [1.165, 1.54) is 16.7 Å². The van der Waals surface area contributed by atoms with E-state index in [1.54, 1.807) is 14.2 Å². The lowest BCUT2D eigenvalue weighted by Crippen LogP contribution is -2.16. The second-order valence-electron chi connectivity index (χ2n) is 6.01. The highest BCUT2D eigenvalue weighted by Gasteiger charge is 2.04. The minimum absolute atomic E-state index is 0. The van der Waals surface area contributed by atoms with Gasteiger partial charge < -0.3 is 14.8 Å². The van der Waals surface area contributed by atoms with E-state index in [9.17, 15) is 0 Å². The van der Waals surface area contributed by atoms with E-state index in [0.29, 0.717) is 5.92 Å². The summed E-state index contributed by atoms with van der Waals surface area (Å²) in [6.07, 6.45) is 0.963. The summed E-state index contributed by atoms with van der Waals surface area (Å²) in [7, 11) is 3.32. The second kappa shape index (κ2) is 10.2. The predicted molar refractivity (Wildman–Crippen MR) is 103 cm³/mol. The second-order valence-corrected chi connectivity index (χ2v) is 6.01. The molecule has 2 aromatic carbocycles. The monoisotopic (exact) mass is 349 g/mol. The first kappa shape index (κ1) is 20.3. The van der Waals surface area contributed by atoms with Gasteiger partial charge >= 0.3 is 0 Å². The fourth-order valence-corrected chi connectivity index (χ4v) is 2.52. The van der Waals surface area contributed by atoms with Crippen LogP contribution in [0.4, 0.5) is 0 Å². The zero-order chi connectivity index (χ0) is 16.7. The van der Waals surface area contributed by atoms with E-state index in [0.717, 1.165) is 31.0 Å². The maximum atomic E-state index is 5.34. The van der Waals surface area contributed by atoms with Gasteiger partial charge in [0, 0.05) is 6.54 Å². The van der Waals surface area contributed by atoms with Crippen LogP contribution in [0.5, 0.6) is 11.5 Å². The van der Waals surface area contributed by atoms with E-state index in [2.05, 4.69) is 49.5 Å². The summed E-state index contributed by atoms with van der Waals surface area (Å²) in [5.41, 5.74) is 3.95. The fraction of sp³-hybridized carbons (Fsp3) is 0.400. The molecular weight excluding hydrogens is 322 g/mol. The summed E-state index contributed by atoms with van der Waals surface area (Å²) in [6, 6.07) is 14.9. The van der Waals surface area contributed by atoms with Crippen molar-refractivity contribution < 1.29 is 9.47 Å². The van der Waals surface area contributed by atoms with Crippen LogP contribution in [0.3, 0.4) is 0 Å². The lowest BCUT2D eigenvalue weighted by molar-refractivity contribution is 0.354. The zero-order valence-electron chi connectivity index (χ0n) is 15.0. The molecule has 3 nitrogen and oxygen atoms in total. The van der Waals surface area contributed by atoms with Gasteiger partial charge in [-0.1, -0.05) is 44.2 Å². The van der Waals surface area contributed by atoms with Gasteiger partial charge in [-0.25, -0.2) is 0 Å². The molecule has 4 heteroatoms. The number of nitrogens with one attached hydrogen (secondary N) is 1. The Morgan fingerprint density at radius 2 is 1.50 bits per heavy atom. The highest BCUT2D eigenvalue weighted by Crippen LogP contribution is 2.27. The number of benzene rings is 2. The highest BCUT2D eigenvalue weighted by atomic mass is 35.5. The van der Waals surface area contributed by atoms with E-state index >= 15 is 0 Å². The number of hydrogen-bond donors (Lipinski definition) is 1. The Kier molecular flexibility index (Phi) is 8.66. The van der Waals surface area contributed by atoms with Gasteiger partial charge in [-0.2, -0.15) is 0 Å². The quantitative estimate of drug-likeness (QED) is 0.707. The van der Waals surface area contributed by atoms with E-state index < -0.39 is 0 Å². The lowest BCUT2D eigenvalue weighted by atomic mass is 10.0. The highest BCUT2D eigenvalue weighted by molar-refractivity contribution is 5.85. The molecule has 0 unspecified atom stereocenters. The minimum atomic E-state index is 0. The Labute approximate surface area is 151 Å². The SMILES string of the molecule is COc1ccc(CCNCc2ccc(C(C)C)cc2)cc1OC.Cl. The van der Waals surface area contributed by atoms with Crippen LogP contribution in [0, 0.1) is 0 Å². The fourth-order valence-electron chi connectivity index (χ4n) is 2.52. The molecule has 132 valence electrons. The molecule has 0 amide bonds. The van der Waals surface area contributed by atoms with Crippen LogP contribution in [-0.2, 0) is 13.0 Å². The van der Waals surface area contributed by atoms with Crippen molar-refractivity contribution >= 4 is 12.4 Å². The average molecular weight is 350 g/mol. The Hall–Kier alpha value is -1.71. The van der Waals surface area contributed by atoms with Gasteiger partial charge in [0.05, 0.1) is 14.2 Å². The number of hydrogen-bond acceptors (Lipinski definition) is 3. The average Bonchev–Trinajstić information content (AvgIpc) is 2.58. The summed E-state index contributed by atoms with van der Waals surface area (Å²) >= 11 is 0. The van der Waals surface area contributed by atoms with Crippen LogP contribution in [0.1, 0.15) is 36.5 Å². The van der Waals surface area contributed by atoms with Gasteiger partial charge in [0.1, 0.15) is 0 Å². The third kappa shape index (κ3) is 5.73. The van der Waals surface area contributed by atoms with Gasteiger partial charge in [0.25, 0.3) is 0 Å². The third-order valence-electron chi connectivity index (χ3n) is 4.01. The Bertz CT molecular complexity index is 612. The normalized spacial score (nSPS) is 10.4. The molecule has 0 aliphatic rings. The molecule has 2 aromatic rings. The number of methoxy groups -OCH3 is 2. The van der Waals surface area contributed by atoms with Crippen LogP contribution >= 0.6 is 12.4 Å². The van der Waals surface area contributed by atoms with Gasteiger partial charge in [0.2, 0.25) is 0 Å². The Balaban J connectivity index is 0.00000288. The Morgan fingerprint density at radius 1 is 0.875 bits per heavy atom. The molecule has 0 spiro atoms. The smallest absolute Gasteiger partial charge is 0.160 e. The van der Waals surface area contributed by atoms with Crippen LogP contribution in [-0.4, -0.2) is 20.8 Å². The number of halogens is 1. The molecule has 0 aliphatic heterocycles. The van der Waals surface area contributed by atoms with E-state index in [1.807, 2.05) is 12.1 Å². The maximum Gasteiger partial charge on any atom is 0.160 e. The molecule has 0 heterocycles. The van der Waals surface area contributed by atoms with Crippen molar-refractivity contribution in [2.24, 2.45) is 0 Å². The van der Waals surface area contributed by atoms with Crippen molar-refractivity contribution in [1.82, 2.24) is 5.32 Å². The summed E-state index contributed by atoms with van der Waals surface area (Å²) in [4.78, 5) is 0. The standard InChI is InChI=1S/C20H27NO2.ClH/c1-15(2)18-8-5-17(6-9-18)14-21-12-11-16-7-10-19(22-3)20(13-16)23-4;/h5-10,13,15,21H,11-12,14H2,1-4H3;1H. The molecular formula is C20H28ClNO2. The van der Waals surface area contributed by atoms with Crippen molar-refractivity contribution in [3.05, 3.63) is 59.2 Å². The molecule has 0 radical (unpaired) electrons. The van der Waals surface area contributed by atoms with Crippen LogP contribution in [0.15, 0.2) is 42.5 Å². The molecule has 0 bridgehead atoms. The summed E-state index contributed by atoms with van der Waals surface area (Å²) in [6.45, 7) is 6.26.